The van der Waals surface area contributed by atoms with E-state index in [1.807, 2.05) is 24.4 Å². The van der Waals surface area contributed by atoms with Crippen molar-refractivity contribution in [2.24, 2.45) is 0 Å². The third kappa shape index (κ3) is 5.69. The van der Waals surface area contributed by atoms with E-state index in [-0.39, 0.29) is 0 Å². The standard InChI is InChI=1S/C58H35N3/c59-35-37-18-28-55-51(30-37)52-33-42(25-29-56(52)61(55)47-14-2-1-3-15-47)46-24-27-54(60-36-46)43-23-26-50-53(34-43)58(45-22-20-39-11-5-7-13-41(39)32-45)49-17-9-8-16-48(49)57(50)44-21-19-38-10-4-6-12-40(38)31-44/h1-34,36H. The third-order valence-electron chi connectivity index (χ3n) is 12.4. The van der Waals surface area contributed by atoms with Crippen LogP contribution in [0.15, 0.2) is 212 Å². The van der Waals surface area contributed by atoms with Crippen LogP contribution in [0.5, 0.6) is 0 Å². The van der Waals surface area contributed by atoms with E-state index in [1.54, 1.807) is 0 Å². The van der Waals surface area contributed by atoms with E-state index in [2.05, 4.69) is 199 Å². The Hall–Kier alpha value is -8.32. The van der Waals surface area contributed by atoms with Crippen molar-refractivity contribution in [2.45, 2.75) is 0 Å². The second-order valence-corrected chi connectivity index (χ2v) is 15.9. The van der Waals surface area contributed by atoms with Gasteiger partial charge in [0, 0.05) is 33.8 Å². The summed E-state index contributed by atoms with van der Waals surface area (Å²) >= 11 is 0. The van der Waals surface area contributed by atoms with E-state index in [1.165, 1.54) is 65.3 Å². The molecule has 282 valence electrons. The first kappa shape index (κ1) is 34.7. The van der Waals surface area contributed by atoms with E-state index < -0.39 is 0 Å². The molecule has 10 aromatic carbocycles. The predicted molar refractivity (Wildman–Crippen MR) is 255 cm³/mol. The lowest BCUT2D eigenvalue weighted by molar-refractivity contribution is 1.18. The molecule has 3 heteroatoms. The summed E-state index contributed by atoms with van der Waals surface area (Å²) in [6, 6.07) is 76.2. The predicted octanol–water partition coefficient (Wildman–Crippen LogP) is 15.3. The minimum absolute atomic E-state index is 0.646. The van der Waals surface area contributed by atoms with Crippen LogP contribution in [0, 0.1) is 11.3 Å². The minimum Gasteiger partial charge on any atom is -0.309 e. The molecule has 0 amide bonds. The molecule has 0 spiro atoms. The number of nitrogens with zero attached hydrogens (tertiary/aromatic N) is 3. The molecule has 3 nitrogen and oxygen atoms in total. The summed E-state index contributed by atoms with van der Waals surface area (Å²) in [4.78, 5) is 5.13. The van der Waals surface area contributed by atoms with Gasteiger partial charge in [0.15, 0.2) is 0 Å². The van der Waals surface area contributed by atoms with Gasteiger partial charge in [-0.3, -0.25) is 4.98 Å². The van der Waals surface area contributed by atoms with Crippen LogP contribution in [0.2, 0.25) is 0 Å². The first-order chi connectivity index (χ1) is 30.2. The first-order valence-corrected chi connectivity index (χ1v) is 20.7. The summed E-state index contributed by atoms with van der Waals surface area (Å²) < 4.78 is 2.28. The summed E-state index contributed by atoms with van der Waals surface area (Å²) in [6.07, 6.45) is 1.99. The van der Waals surface area contributed by atoms with E-state index in [4.69, 9.17) is 4.98 Å². The minimum atomic E-state index is 0.646. The molecule has 0 atom stereocenters. The molecule has 12 aromatic rings. The van der Waals surface area contributed by atoms with Crippen molar-refractivity contribution in [3.8, 4) is 56.4 Å². The van der Waals surface area contributed by atoms with Crippen molar-refractivity contribution in [3.05, 3.63) is 218 Å². The quantitative estimate of drug-likeness (QED) is 0.163. The maximum Gasteiger partial charge on any atom is 0.0991 e. The lowest BCUT2D eigenvalue weighted by atomic mass is 9.84. The maximum absolute atomic E-state index is 9.80. The number of para-hydroxylation sites is 1. The van der Waals surface area contributed by atoms with Gasteiger partial charge in [0.25, 0.3) is 0 Å². The van der Waals surface area contributed by atoms with E-state index >= 15 is 0 Å². The summed E-state index contributed by atoms with van der Waals surface area (Å²) in [6.45, 7) is 0. The molecule has 0 unspecified atom stereocenters. The van der Waals surface area contributed by atoms with Gasteiger partial charge in [-0.2, -0.15) is 5.26 Å². The van der Waals surface area contributed by atoms with Gasteiger partial charge in [-0.05, 0) is 138 Å². The zero-order valence-electron chi connectivity index (χ0n) is 33.0. The molecule has 0 aliphatic carbocycles. The normalized spacial score (nSPS) is 11.6. The zero-order chi connectivity index (χ0) is 40.4. The Morgan fingerprint density at radius 3 is 1.54 bits per heavy atom. The number of pyridine rings is 1. The fraction of sp³-hybridized carbons (Fsp3) is 0. The number of rotatable bonds is 5. The van der Waals surface area contributed by atoms with Crippen LogP contribution < -0.4 is 0 Å². The second kappa shape index (κ2) is 13.9. The fourth-order valence-electron chi connectivity index (χ4n) is 9.51. The van der Waals surface area contributed by atoms with E-state index in [0.717, 1.165) is 49.9 Å². The highest BCUT2D eigenvalue weighted by Gasteiger charge is 2.19. The third-order valence-corrected chi connectivity index (χ3v) is 12.4. The SMILES string of the molecule is N#Cc1ccc2c(c1)c1cc(-c3ccc(-c4ccc5c(-c6ccc7ccccc7c6)c6ccccc6c(-c6ccc7ccccc7c6)c5c4)nc3)ccc1n2-c1ccccc1. The fourth-order valence-corrected chi connectivity index (χ4v) is 9.51. The topological polar surface area (TPSA) is 41.6 Å². The smallest absolute Gasteiger partial charge is 0.0991 e. The lowest BCUT2D eigenvalue weighted by Crippen LogP contribution is -1.93. The largest absolute Gasteiger partial charge is 0.309 e. The molecule has 0 aliphatic rings. The molecular weight excluding hydrogens is 739 g/mol. The van der Waals surface area contributed by atoms with Crippen LogP contribution in [0.1, 0.15) is 5.56 Å². The molecule has 12 rings (SSSR count). The van der Waals surface area contributed by atoms with Crippen LogP contribution >= 0.6 is 0 Å². The Morgan fingerprint density at radius 2 is 0.885 bits per heavy atom. The van der Waals surface area contributed by atoms with Crippen molar-refractivity contribution in [3.63, 3.8) is 0 Å². The van der Waals surface area contributed by atoms with E-state index in [9.17, 15) is 5.26 Å². The average Bonchev–Trinajstić information content (AvgIpc) is 3.66. The van der Waals surface area contributed by atoms with Crippen molar-refractivity contribution in [1.29, 1.82) is 5.26 Å². The molecule has 61 heavy (non-hydrogen) atoms. The Morgan fingerprint density at radius 1 is 0.361 bits per heavy atom. The Kier molecular flexibility index (Phi) is 7.91. The summed E-state index contributed by atoms with van der Waals surface area (Å²) in [7, 11) is 0. The number of benzene rings is 10. The molecule has 0 radical (unpaired) electrons. The number of fused-ring (bicyclic) bond motifs is 7. The summed E-state index contributed by atoms with van der Waals surface area (Å²) in [5, 5.41) is 21.7. The molecule has 2 aromatic heterocycles. The molecular formula is C58H35N3. The highest BCUT2D eigenvalue weighted by molar-refractivity contribution is 6.22. The van der Waals surface area contributed by atoms with E-state index in [0.29, 0.717) is 5.56 Å². The Bertz CT molecular complexity index is 3760. The Balaban J connectivity index is 1.02. The Labute approximate surface area is 352 Å². The number of nitriles is 1. The molecule has 0 N–H and O–H groups in total. The molecule has 0 saturated carbocycles. The summed E-state index contributed by atoms with van der Waals surface area (Å²) in [5.74, 6) is 0. The van der Waals surface area contributed by atoms with Gasteiger partial charge in [0.2, 0.25) is 0 Å². The highest BCUT2D eigenvalue weighted by atomic mass is 15.0. The van der Waals surface area contributed by atoms with Gasteiger partial charge < -0.3 is 4.57 Å². The molecule has 0 fully saturated rings. The maximum atomic E-state index is 9.80. The molecule has 0 saturated heterocycles. The van der Waals surface area contributed by atoms with Crippen molar-refractivity contribution in [1.82, 2.24) is 9.55 Å². The molecule has 0 bridgehead atoms. The number of hydrogen-bond acceptors (Lipinski definition) is 2. The van der Waals surface area contributed by atoms with Crippen LogP contribution in [0.3, 0.4) is 0 Å². The van der Waals surface area contributed by atoms with Crippen molar-refractivity contribution < 1.29 is 0 Å². The first-order valence-electron chi connectivity index (χ1n) is 20.7. The van der Waals surface area contributed by atoms with Crippen LogP contribution in [0.4, 0.5) is 0 Å². The molecule has 0 aliphatic heterocycles. The van der Waals surface area contributed by atoms with Crippen LogP contribution in [-0.4, -0.2) is 9.55 Å². The second-order valence-electron chi connectivity index (χ2n) is 15.9. The number of hydrogen-bond donors (Lipinski definition) is 0. The van der Waals surface area contributed by atoms with Crippen molar-refractivity contribution in [2.75, 3.05) is 0 Å². The lowest BCUT2D eigenvalue weighted by Gasteiger charge is -2.19. The van der Waals surface area contributed by atoms with Gasteiger partial charge in [-0.15, -0.1) is 0 Å². The van der Waals surface area contributed by atoms with Gasteiger partial charge in [-0.25, -0.2) is 0 Å². The van der Waals surface area contributed by atoms with Crippen molar-refractivity contribution >= 4 is 64.9 Å². The zero-order valence-corrected chi connectivity index (χ0v) is 33.0. The highest BCUT2D eigenvalue weighted by Crippen LogP contribution is 2.46. The van der Waals surface area contributed by atoms with Gasteiger partial charge >= 0.3 is 0 Å². The summed E-state index contributed by atoms with van der Waals surface area (Å²) in [5.41, 5.74) is 12.8. The molecule has 2 heterocycles. The monoisotopic (exact) mass is 773 g/mol. The van der Waals surface area contributed by atoms with Crippen LogP contribution in [-0.2, 0) is 0 Å². The van der Waals surface area contributed by atoms with Gasteiger partial charge in [-0.1, -0.05) is 140 Å². The average molecular weight is 774 g/mol. The number of aromatic nitrogens is 2. The van der Waals surface area contributed by atoms with Crippen LogP contribution in [0.25, 0.3) is 115 Å². The van der Waals surface area contributed by atoms with Gasteiger partial charge in [0.05, 0.1) is 28.4 Å². The van der Waals surface area contributed by atoms with Gasteiger partial charge in [0.1, 0.15) is 0 Å².